The Bertz CT molecular complexity index is 1170. The highest BCUT2D eigenvalue weighted by Crippen LogP contribution is 2.38. The molecule has 0 aliphatic rings. The summed E-state index contributed by atoms with van der Waals surface area (Å²) in [4.78, 5) is 25.4. The Morgan fingerprint density at radius 1 is 0.707 bits per heavy atom. The summed E-state index contributed by atoms with van der Waals surface area (Å²) in [5.41, 5.74) is 6.47. The summed E-state index contributed by atoms with van der Waals surface area (Å²) < 4.78 is 11.2. The van der Waals surface area contributed by atoms with Crippen molar-refractivity contribution in [3.05, 3.63) is 56.6 Å². The summed E-state index contributed by atoms with van der Waals surface area (Å²) >= 11 is 1.51. The van der Waals surface area contributed by atoms with Crippen LogP contribution in [0, 0.1) is 39.5 Å². The molecule has 7 heteroatoms. The minimum Gasteiger partial charge on any atom is -0.507 e. The van der Waals surface area contributed by atoms with Crippen molar-refractivity contribution in [2.75, 3.05) is 11.5 Å². The number of carbonyl (C=O) groups is 2. The summed E-state index contributed by atoms with van der Waals surface area (Å²) in [7, 11) is 0. The number of hydrogen-bond acceptors (Lipinski definition) is 7. The monoisotopic (exact) mass is 586 g/mol. The topological polar surface area (TPSA) is 93.1 Å². The van der Waals surface area contributed by atoms with Crippen molar-refractivity contribution < 1.29 is 29.3 Å². The van der Waals surface area contributed by atoms with Crippen molar-refractivity contribution in [2.24, 2.45) is 11.8 Å². The minimum atomic E-state index is -0.346. The second kappa shape index (κ2) is 13.5. The largest absolute Gasteiger partial charge is 0.507 e. The number of ether oxygens (including phenoxy) is 2. The third-order valence-corrected chi connectivity index (χ3v) is 9.15. The average Bonchev–Trinajstić information content (AvgIpc) is 2.86. The van der Waals surface area contributed by atoms with E-state index in [2.05, 4.69) is 41.5 Å². The third kappa shape index (κ3) is 8.67. The predicted octanol–water partition coefficient (Wildman–Crippen LogP) is 7.72. The molecule has 2 aromatic rings. The average molecular weight is 587 g/mol. The zero-order valence-corrected chi connectivity index (χ0v) is 27.9. The molecular weight excluding hydrogens is 536 g/mol. The fourth-order valence-electron chi connectivity index (χ4n) is 4.74. The standard InChI is InChI=1S/C34H50O6S/c1-19-13-27(33(7,8)9)29(35)23(5)25(19)15-39-31(37)21(3)17-41-18-22(4)32(38)40-16-26-20(2)14-28(34(10,11)12)30(36)24(26)6/h13-14,21-22,35-36H,15-18H2,1-12H3/t21-,22?/m0/s1. The van der Waals surface area contributed by atoms with E-state index in [0.29, 0.717) is 11.5 Å². The lowest BCUT2D eigenvalue weighted by Gasteiger charge is -2.24. The molecule has 228 valence electrons. The van der Waals surface area contributed by atoms with Gasteiger partial charge in [-0.05, 0) is 83.0 Å². The highest BCUT2D eigenvalue weighted by molar-refractivity contribution is 7.99. The van der Waals surface area contributed by atoms with Crippen LogP contribution in [0.2, 0.25) is 0 Å². The quantitative estimate of drug-likeness (QED) is 0.275. The van der Waals surface area contributed by atoms with Crippen LogP contribution in [0.1, 0.15) is 99.9 Å². The van der Waals surface area contributed by atoms with E-state index < -0.39 is 0 Å². The van der Waals surface area contributed by atoms with Crippen LogP contribution < -0.4 is 0 Å². The van der Waals surface area contributed by atoms with E-state index in [1.165, 1.54) is 11.8 Å². The van der Waals surface area contributed by atoms with Crippen LogP contribution in [0.3, 0.4) is 0 Å². The van der Waals surface area contributed by atoms with Gasteiger partial charge < -0.3 is 19.7 Å². The third-order valence-electron chi connectivity index (χ3n) is 7.67. The van der Waals surface area contributed by atoms with Crippen molar-refractivity contribution in [3.63, 3.8) is 0 Å². The summed E-state index contributed by atoms with van der Waals surface area (Å²) in [5, 5.41) is 21.4. The van der Waals surface area contributed by atoms with Gasteiger partial charge in [0.15, 0.2) is 0 Å². The normalized spacial score (nSPS) is 13.6. The first-order valence-electron chi connectivity index (χ1n) is 14.3. The Morgan fingerprint density at radius 3 is 1.32 bits per heavy atom. The lowest BCUT2D eigenvalue weighted by molar-refractivity contribution is -0.149. The maximum atomic E-state index is 12.7. The number of carbonyl (C=O) groups excluding carboxylic acids is 2. The van der Waals surface area contributed by atoms with Crippen molar-refractivity contribution in [3.8, 4) is 11.5 Å². The summed E-state index contributed by atoms with van der Waals surface area (Å²) in [6, 6.07) is 3.94. The van der Waals surface area contributed by atoms with E-state index in [1.807, 2.05) is 53.7 Å². The van der Waals surface area contributed by atoms with Gasteiger partial charge >= 0.3 is 11.9 Å². The van der Waals surface area contributed by atoms with Crippen LogP contribution in [-0.4, -0.2) is 33.7 Å². The molecule has 0 aromatic heterocycles. The van der Waals surface area contributed by atoms with Gasteiger partial charge in [0, 0.05) is 11.5 Å². The number of phenolic OH excluding ortho intramolecular Hbond substituents is 2. The second-order valence-corrected chi connectivity index (χ2v) is 14.5. The molecule has 2 aromatic carbocycles. The maximum Gasteiger partial charge on any atom is 0.309 e. The number of aryl methyl sites for hydroxylation is 2. The Hall–Kier alpha value is -2.67. The molecule has 2 atom stereocenters. The first-order valence-corrected chi connectivity index (χ1v) is 15.5. The molecule has 2 N–H and O–H groups in total. The van der Waals surface area contributed by atoms with Crippen molar-refractivity contribution in [1.29, 1.82) is 0 Å². The van der Waals surface area contributed by atoms with Crippen LogP contribution in [0.5, 0.6) is 11.5 Å². The molecule has 0 saturated heterocycles. The summed E-state index contributed by atoms with van der Waals surface area (Å²) in [6.45, 7) is 23.8. The SMILES string of the molecule is Cc1cc(C(C)(C)C)c(O)c(C)c1COC(=O)C(C)CSC[C@H](C)C(=O)OCc1c(C)cc(C(C)(C)C)c(O)c1C. The molecule has 0 spiro atoms. The van der Waals surface area contributed by atoms with Gasteiger partial charge in [0.2, 0.25) is 0 Å². The van der Waals surface area contributed by atoms with Crippen LogP contribution >= 0.6 is 11.8 Å². The molecular formula is C34H50O6S. The van der Waals surface area contributed by atoms with Gasteiger partial charge in [-0.15, -0.1) is 0 Å². The van der Waals surface area contributed by atoms with Crippen molar-refractivity contribution in [1.82, 2.24) is 0 Å². The lowest BCUT2D eigenvalue weighted by Crippen LogP contribution is -2.21. The maximum absolute atomic E-state index is 12.7. The van der Waals surface area contributed by atoms with E-state index in [0.717, 1.165) is 44.5 Å². The van der Waals surface area contributed by atoms with E-state index in [9.17, 15) is 19.8 Å². The molecule has 2 rings (SSSR count). The summed E-state index contributed by atoms with van der Waals surface area (Å²) in [5.74, 6) is 0.226. The molecule has 0 fully saturated rings. The van der Waals surface area contributed by atoms with Crippen LogP contribution in [0.15, 0.2) is 12.1 Å². The molecule has 1 unspecified atom stereocenters. The van der Waals surface area contributed by atoms with Gasteiger partial charge in [0.05, 0.1) is 11.8 Å². The number of hydrogen-bond donors (Lipinski definition) is 2. The smallest absolute Gasteiger partial charge is 0.309 e. The Labute approximate surface area is 251 Å². The van der Waals surface area contributed by atoms with Crippen molar-refractivity contribution >= 4 is 23.7 Å². The molecule has 0 radical (unpaired) electrons. The number of benzene rings is 2. The Kier molecular flexibility index (Phi) is 11.4. The number of thioether (sulfide) groups is 1. The first kappa shape index (κ1) is 34.5. The van der Waals surface area contributed by atoms with Gasteiger partial charge in [0.25, 0.3) is 0 Å². The molecule has 0 saturated carbocycles. The fourth-order valence-corrected chi connectivity index (χ4v) is 5.86. The molecule has 0 heterocycles. The molecule has 6 nitrogen and oxygen atoms in total. The summed E-state index contributed by atoms with van der Waals surface area (Å²) in [6.07, 6.45) is 0. The van der Waals surface area contributed by atoms with Crippen molar-refractivity contribution in [2.45, 2.75) is 107 Å². The molecule has 0 aliphatic carbocycles. The number of phenols is 2. The van der Waals surface area contributed by atoms with E-state index in [-0.39, 0.29) is 59.3 Å². The van der Waals surface area contributed by atoms with E-state index in [1.54, 1.807) is 0 Å². The molecule has 0 bridgehead atoms. The zero-order valence-electron chi connectivity index (χ0n) is 27.1. The highest BCUT2D eigenvalue weighted by atomic mass is 32.2. The minimum absolute atomic E-state index is 0.108. The van der Waals surface area contributed by atoms with Crippen LogP contribution in [-0.2, 0) is 43.1 Å². The molecule has 0 aliphatic heterocycles. The predicted molar refractivity (Wildman–Crippen MR) is 168 cm³/mol. The molecule has 0 amide bonds. The van der Waals surface area contributed by atoms with Gasteiger partial charge in [0.1, 0.15) is 24.7 Å². The number of esters is 2. The highest BCUT2D eigenvalue weighted by Gasteiger charge is 2.25. The van der Waals surface area contributed by atoms with Gasteiger partial charge in [-0.1, -0.05) is 67.5 Å². The Morgan fingerprint density at radius 2 is 1.02 bits per heavy atom. The number of aromatic hydroxyl groups is 2. The lowest BCUT2D eigenvalue weighted by atomic mass is 9.83. The molecule has 41 heavy (non-hydrogen) atoms. The van der Waals surface area contributed by atoms with Crippen LogP contribution in [0.25, 0.3) is 0 Å². The Balaban J connectivity index is 1.88. The van der Waals surface area contributed by atoms with E-state index in [4.69, 9.17) is 9.47 Å². The zero-order chi connectivity index (χ0) is 31.4. The van der Waals surface area contributed by atoms with E-state index >= 15 is 0 Å². The fraction of sp³-hybridized carbons (Fsp3) is 0.588. The van der Waals surface area contributed by atoms with Gasteiger partial charge in [-0.25, -0.2) is 0 Å². The number of rotatable bonds is 10. The second-order valence-electron chi connectivity index (χ2n) is 13.4. The van der Waals surface area contributed by atoms with Gasteiger partial charge in [-0.3, -0.25) is 9.59 Å². The van der Waals surface area contributed by atoms with Crippen LogP contribution in [0.4, 0.5) is 0 Å². The van der Waals surface area contributed by atoms with Gasteiger partial charge in [-0.2, -0.15) is 11.8 Å². The first-order chi connectivity index (χ1) is 18.8.